The van der Waals surface area contributed by atoms with Crippen LogP contribution >= 0.6 is 0 Å². The van der Waals surface area contributed by atoms with Gasteiger partial charge in [-0.3, -0.25) is 4.90 Å². The molecule has 1 aromatic rings. The number of morpholine rings is 1. The lowest BCUT2D eigenvalue weighted by atomic mass is 10.0. The van der Waals surface area contributed by atoms with Gasteiger partial charge in [0, 0.05) is 19.1 Å². The summed E-state index contributed by atoms with van der Waals surface area (Å²) in [5.74, 6) is 0. The molecule has 1 aromatic carbocycles. The van der Waals surface area contributed by atoms with Crippen molar-refractivity contribution in [3.05, 3.63) is 35.9 Å². The molecule has 0 spiro atoms. The number of benzene rings is 1. The zero-order valence-corrected chi connectivity index (χ0v) is 9.60. The molecule has 16 heavy (non-hydrogen) atoms. The Balaban J connectivity index is 2.00. The molecule has 0 N–H and O–H groups in total. The van der Waals surface area contributed by atoms with Crippen molar-refractivity contribution in [2.45, 2.75) is 19.1 Å². The maximum atomic E-state index is 14.2. The normalized spacial score (nSPS) is 21.6. The van der Waals surface area contributed by atoms with Crippen molar-refractivity contribution >= 4 is 0 Å². The molecule has 0 bridgehead atoms. The molecule has 1 saturated heterocycles. The summed E-state index contributed by atoms with van der Waals surface area (Å²) in [7, 11) is 0. The Morgan fingerprint density at radius 3 is 2.44 bits per heavy atom. The van der Waals surface area contributed by atoms with Crippen molar-refractivity contribution in [3.8, 4) is 0 Å². The van der Waals surface area contributed by atoms with Crippen LogP contribution in [0, 0.1) is 0 Å². The number of hydrogen-bond acceptors (Lipinski definition) is 2. The second-order valence-corrected chi connectivity index (χ2v) is 4.20. The monoisotopic (exact) mass is 223 g/mol. The van der Waals surface area contributed by atoms with Crippen LogP contribution in [0.2, 0.25) is 0 Å². The van der Waals surface area contributed by atoms with E-state index in [1.807, 2.05) is 37.3 Å². The molecule has 2 rings (SSSR count). The molecular formula is C13H18FNO. The molecule has 3 heteroatoms. The average Bonchev–Trinajstić information content (AvgIpc) is 2.39. The highest BCUT2D eigenvalue weighted by molar-refractivity contribution is 5.18. The lowest BCUT2D eigenvalue weighted by Gasteiger charge is -2.34. The summed E-state index contributed by atoms with van der Waals surface area (Å²) in [5.41, 5.74) is 0.765. The molecule has 0 saturated carbocycles. The maximum Gasteiger partial charge on any atom is 0.140 e. The summed E-state index contributed by atoms with van der Waals surface area (Å²) < 4.78 is 19.5. The largest absolute Gasteiger partial charge is 0.379 e. The highest BCUT2D eigenvalue weighted by Crippen LogP contribution is 2.25. The third kappa shape index (κ3) is 2.60. The van der Waals surface area contributed by atoms with Gasteiger partial charge in [0.25, 0.3) is 0 Å². The number of alkyl halides is 1. The first-order valence-electron chi connectivity index (χ1n) is 5.80. The van der Waals surface area contributed by atoms with Crippen molar-refractivity contribution in [2.24, 2.45) is 0 Å². The van der Waals surface area contributed by atoms with Crippen molar-refractivity contribution in [1.82, 2.24) is 4.90 Å². The molecule has 1 heterocycles. The van der Waals surface area contributed by atoms with Crippen LogP contribution in [0.25, 0.3) is 0 Å². The first-order valence-corrected chi connectivity index (χ1v) is 5.80. The summed E-state index contributed by atoms with van der Waals surface area (Å²) in [5, 5.41) is 0. The van der Waals surface area contributed by atoms with Gasteiger partial charge in [-0.2, -0.15) is 0 Å². The summed E-state index contributed by atoms with van der Waals surface area (Å²) in [6.07, 6.45) is -0.917. The van der Waals surface area contributed by atoms with Gasteiger partial charge in [0.05, 0.1) is 13.2 Å². The van der Waals surface area contributed by atoms with E-state index in [2.05, 4.69) is 4.90 Å². The zero-order chi connectivity index (χ0) is 11.4. The molecule has 0 aliphatic carbocycles. The average molecular weight is 223 g/mol. The highest BCUT2D eigenvalue weighted by atomic mass is 19.1. The van der Waals surface area contributed by atoms with Gasteiger partial charge < -0.3 is 4.74 Å². The third-order valence-corrected chi connectivity index (χ3v) is 3.16. The molecule has 0 amide bonds. The first kappa shape index (κ1) is 11.6. The van der Waals surface area contributed by atoms with Gasteiger partial charge in [0.15, 0.2) is 0 Å². The van der Waals surface area contributed by atoms with Crippen LogP contribution in [-0.4, -0.2) is 37.2 Å². The van der Waals surface area contributed by atoms with Gasteiger partial charge in [-0.1, -0.05) is 30.3 Å². The van der Waals surface area contributed by atoms with Gasteiger partial charge in [-0.15, -0.1) is 0 Å². The van der Waals surface area contributed by atoms with E-state index >= 15 is 0 Å². The summed E-state index contributed by atoms with van der Waals surface area (Å²) >= 11 is 0. The highest BCUT2D eigenvalue weighted by Gasteiger charge is 2.25. The molecule has 0 radical (unpaired) electrons. The van der Waals surface area contributed by atoms with Crippen molar-refractivity contribution in [2.75, 3.05) is 26.3 Å². The quantitative estimate of drug-likeness (QED) is 0.780. The maximum absolute atomic E-state index is 14.2. The summed E-state index contributed by atoms with van der Waals surface area (Å²) in [6, 6.07) is 9.30. The predicted octanol–water partition coefficient (Wildman–Crippen LogP) is 2.42. The predicted molar refractivity (Wildman–Crippen MR) is 62.1 cm³/mol. The van der Waals surface area contributed by atoms with Crippen molar-refractivity contribution in [3.63, 3.8) is 0 Å². The van der Waals surface area contributed by atoms with Crippen LogP contribution in [0.15, 0.2) is 30.3 Å². The summed E-state index contributed by atoms with van der Waals surface area (Å²) in [6.45, 7) is 5.03. The van der Waals surface area contributed by atoms with E-state index in [0.717, 1.165) is 18.7 Å². The minimum Gasteiger partial charge on any atom is -0.379 e. The van der Waals surface area contributed by atoms with E-state index in [1.54, 1.807) is 0 Å². The fourth-order valence-corrected chi connectivity index (χ4v) is 2.09. The van der Waals surface area contributed by atoms with Crippen LogP contribution in [0.3, 0.4) is 0 Å². The van der Waals surface area contributed by atoms with Gasteiger partial charge in [0.2, 0.25) is 0 Å². The van der Waals surface area contributed by atoms with Gasteiger partial charge in [-0.25, -0.2) is 4.39 Å². The van der Waals surface area contributed by atoms with Gasteiger partial charge in [-0.05, 0) is 12.5 Å². The lowest BCUT2D eigenvalue weighted by molar-refractivity contribution is 0.00147. The zero-order valence-electron chi connectivity index (χ0n) is 9.60. The molecule has 2 unspecified atom stereocenters. The number of nitrogens with zero attached hydrogens (tertiary/aromatic N) is 1. The number of hydrogen-bond donors (Lipinski definition) is 0. The fraction of sp³-hybridized carbons (Fsp3) is 0.538. The minimum atomic E-state index is -0.917. The number of ether oxygens (including phenoxy) is 1. The number of rotatable bonds is 3. The van der Waals surface area contributed by atoms with Crippen molar-refractivity contribution < 1.29 is 9.13 Å². The van der Waals surface area contributed by atoms with Crippen LogP contribution in [0.5, 0.6) is 0 Å². The molecule has 1 aliphatic heterocycles. The second-order valence-electron chi connectivity index (χ2n) is 4.20. The molecule has 2 nitrogen and oxygen atoms in total. The molecule has 1 aliphatic rings. The molecule has 1 fully saturated rings. The smallest absolute Gasteiger partial charge is 0.140 e. The Bertz CT molecular complexity index is 311. The first-order chi connectivity index (χ1) is 7.79. The Hall–Kier alpha value is -0.930. The van der Waals surface area contributed by atoms with Gasteiger partial charge in [0.1, 0.15) is 6.17 Å². The van der Waals surface area contributed by atoms with E-state index < -0.39 is 6.17 Å². The Kier molecular flexibility index (Phi) is 3.91. The Morgan fingerprint density at radius 1 is 1.19 bits per heavy atom. The molecule has 88 valence electrons. The molecule has 2 atom stereocenters. The second kappa shape index (κ2) is 5.41. The van der Waals surface area contributed by atoms with Crippen LogP contribution < -0.4 is 0 Å². The van der Waals surface area contributed by atoms with E-state index in [1.165, 1.54) is 0 Å². The third-order valence-electron chi connectivity index (χ3n) is 3.16. The fourth-order valence-electron chi connectivity index (χ4n) is 2.09. The van der Waals surface area contributed by atoms with E-state index in [-0.39, 0.29) is 6.04 Å². The van der Waals surface area contributed by atoms with E-state index in [9.17, 15) is 4.39 Å². The topological polar surface area (TPSA) is 12.5 Å². The Morgan fingerprint density at radius 2 is 1.81 bits per heavy atom. The molecular weight excluding hydrogens is 205 g/mol. The molecule has 0 aromatic heterocycles. The number of halogens is 1. The SMILES string of the molecule is CC(C(F)c1ccccc1)N1CCOCC1. The van der Waals surface area contributed by atoms with E-state index in [4.69, 9.17) is 4.74 Å². The lowest BCUT2D eigenvalue weighted by Crippen LogP contribution is -2.44. The van der Waals surface area contributed by atoms with Gasteiger partial charge >= 0.3 is 0 Å². The summed E-state index contributed by atoms with van der Waals surface area (Å²) in [4.78, 5) is 2.15. The van der Waals surface area contributed by atoms with Crippen LogP contribution in [0.1, 0.15) is 18.7 Å². The standard InChI is InChI=1S/C13H18FNO/c1-11(15-7-9-16-10-8-15)13(14)12-5-3-2-4-6-12/h2-6,11,13H,7-10H2,1H3. The van der Waals surface area contributed by atoms with Crippen molar-refractivity contribution in [1.29, 1.82) is 0 Å². The van der Waals surface area contributed by atoms with E-state index in [0.29, 0.717) is 13.2 Å². The van der Waals surface area contributed by atoms with Crippen LogP contribution in [0.4, 0.5) is 4.39 Å². The minimum absolute atomic E-state index is 0.0775. The van der Waals surface area contributed by atoms with Crippen LogP contribution in [-0.2, 0) is 4.74 Å². The Labute approximate surface area is 96.0 Å².